The van der Waals surface area contributed by atoms with Crippen molar-refractivity contribution in [1.29, 1.82) is 0 Å². The number of rotatable bonds is 11. The van der Waals surface area contributed by atoms with Gasteiger partial charge in [0.1, 0.15) is 5.82 Å². The van der Waals surface area contributed by atoms with E-state index >= 15 is 0 Å². The molecule has 1 fully saturated rings. The fourth-order valence-corrected chi connectivity index (χ4v) is 3.50. The minimum Gasteiger partial charge on any atom is -0.381 e. The molecule has 0 heterocycles. The molecular weight excluding hydrogens is 349 g/mol. The van der Waals surface area contributed by atoms with Gasteiger partial charge in [-0.1, -0.05) is 31.4 Å². The highest BCUT2D eigenvalue weighted by atomic mass is 19.1. The summed E-state index contributed by atoms with van der Waals surface area (Å²) in [4.78, 5) is 14.7. The van der Waals surface area contributed by atoms with Crippen molar-refractivity contribution in [1.82, 2.24) is 4.90 Å². The van der Waals surface area contributed by atoms with Gasteiger partial charge in [-0.05, 0) is 37.0 Å². The fourth-order valence-electron chi connectivity index (χ4n) is 3.50. The molecule has 152 valence electrons. The first-order chi connectivity index (χ1) is 13.1. The number of halogens is 1. The minimum atomic E-state index is -0.407. The van der Waals surface area contributed by atoms with Gasteiger partial charge in [-0.25, -0.2) is 4.39 Å². The molecule has 6 heteroatoms. The van der Waals surface area contributed by atoms with Crippen LogP contribution in [-0.2, 0) is 25.4 Å². The molecular formula is C21H32FNO4. The summed E-state index contributed by atoms with van der Waals surface area (Å²) in [7, 11) is 3.19. The lowest BCUT2D eigenvalue weighted by molar-refractivity contribution is -0.151. The van der Waals surface area contributed by atoms with Crippen molar-refractivity contribution in [3.8, 4) is 0 Å². The van der Waals surface area contributed by atoms with Gasteiger partial charge in [0.2, 0.25) is 5.91 Å². The highest BCUT2D eigenvalue weighted by molar-refractivity contribution is 5.76. The van der Waals surface area contributed by atoms with Gasteiger partial charge in [0, 0.05) is 20.3 Å². The Hall–Kier alpha value is -1.50. The average Bonchev–Trinajstić information content (AvgIpc) is 2.70. The number of ether oxygens (including phenoxy) is 3. The SMILES string of the molecule is COC(CN(C(=O)CCOCCc1ccc(F)cc1)C1CCCCC1)OC. The van der Waals surface area contributed by atoms with Crippen LogP contribution in [0.4, 0.5) is 4.39 Å². The number of hydrogen-bond donors (Lipinski definition) is 0. The Bertz CT molecular complexity index is 542. The molecule has 0 aromatic heterocycles. The topological polar surface area (TPSA) is 48.0 Å². The van der Waals surface area contributed by atoms with Gasteiger partial charge in [-0.3, -0.25) is 4.79 Å². The summed E-state index contributed by atoms with van der Waals surface area (Å²) < 4.78 is 29.1. The lowest BCUT2D eigenvalue weighted by Gasteiger charge is -2.36. The lowest BCUT2D eigenvalue weighted by Crippen LogP contribution is -2.46. The first-order valence-electron chi connectivity index (χ1n) is 9.81. The predicted molar refractivity (Wildman–Crippen MR) is 102 cm³/mol. The number of methoxy groups -OCH3 is 2. The Balaban J connectivity index is 1.76. The molecule has 1 amide bonds. The van der Waals surface area contributed by atoms with E-state index in [-0.39, 0.29) is 17.8 Å². The average molecular weight is 381 g/mol. The van der Waals surface area contributed by atoms with Gasteiger partial charge in [-0.2, -0.15) is 0 Å². The number of nitrogens with zero attached hydrogens (tertiary/aromatic N) is 1. The van der Waals surface area contributed by atoms with Crippen molar-refractivity contribution in [3.05, 3.63) is 35.6 Å². The lowest BCUT2D eigenvalue weighted by atomic mass is 9.94. The number of hydrogen-bond acceptors (Lipinski definition) is 4. The Morgan fingerprint density at radius 1 is 1.11 bits per heavy atom. The zero-order valence-corrected chi connectivity index (χ0v) is 16.5. The van der Waals surface area contributed by atoms with Crippen molar-refractivity contribution < 1.29 is 23.4 Å². The summed E-state index contributed by atoms with van der Waals surface area (Å²) in [5, 5.41) is 0. The third kappa shape index (κ3) is 7.56. The molecule has 5 nitrogen and oxygen atoms in total. The van der Waals surface area contributed by atoms with Gasteiger partial charge in [0.25, 0.3) is 0 Å². The summed E-state index contributed by atoms with van der Waals surface area (Å²) in [6.07, 6.45) is 6.28. The minimum absolute atomic E-state index is 0.0859. The van der Waals surface area contributed by atoms with Crippen LogP contribution in [0.3, 0.4) is 0 Å². The molecule has 0 radical (unpaired) electrons. The van der Waals surface area contributed by atoms with E-state index in [0.29, 0.717) is 32.6 Å². The molecule has 27 heavy (non-hydrogen) atoms. The molecule has 1 aromatic carbocycles. The highest BCUT2D eigenvalue weighted by Crippen LogP contribution is 2.23. The van der Waals surface area contributed by atoms with E-state index in [1.807, 2.05) is 4.90 Å². The van der Waals surface area contributed by atoms with E-state index < -0.39 is 6.29 Å². The molecule has 0 spiro atoms. The zero-order chi connectivity index (χ0) is 19.5. The van der Waals surface area contributed by atoms with Crippen molar-refractivity contribution in [3.63, 3.8) is 0 Å². The van der Waals surface area contributed by atoms with Crippen LogP contribution in [0.1, 0.15) is 44.1 Å². The first kappa shape index (κ1) is 21.8. The van der Waals surface area contributed by atoms with Gasteiger partial charge in [0.15, 0.2) is 6.29 Å². The number of amides is 1. The molecule has 0 unspecified atom stereocenters. The van der Waals surface area contributed by atoms with Gasteiger partial charge >= 0.3 is 0 Å². The van der Waals surface area contributed by atoms with Crippen LogP contribution < -0.4 is 0 Å². The maximum atomic E-state index is 12.9. The summed E-state index contributed by atoms with van der Waals surface area (Å²) in [6.45, 7) is 1.35. The highest BCUT2D eigenvalue weighted by Gasteiger charge is 2.27. The maximum Gasteiger partial charge on any atom is 0.225 e. The molecule has 1 aromatic rings. The predicted octanol–water partition coefficient (Wildman–Crippen LogP) is 3.56. The molecule has 0 aliphatic heterocycles. The summed E-state index contributed by atoms with van der Waals surface area (Å²) in [5.41, 5.74) is 1.02. The molecule has 0 atom stereocenters. The molecule has 0 saturated heterocycles. The standard InChI is InChI=1S/C21H32FNO4/c1-25-21(26-2)16-23(19-6-4-3-5-7-19)20(24)13-15-27-14-12-17-8-10-18(22)11-9-17/h8-11,19,21H,3-7,12-16H2,1-2H3. The third-order valence-electron chi connectivity index (χ3n) is 5.12. The van der Waals surface area contributed by atoms with Crippen molar-refractivity contribution >= 4 is 5.91 Å². The van der Waals surface area contributed by atoms with Crippen LogP contribution in [0, 0.1) is 5.82 Å². The number of benzene rings is 1. The smallest absolute Gasteiger partial charge is 0.225 e. The fraction of sp³-hybridized carbons (Fsp3) is 0.667. The van der Waals surface area contributed by atoms with Crippen molar-refractivity contribution in [2.45, 2.75) is 57.3 Å². The summed E-state index contributed by atoms with van der Waals surface area (Å²) in [6, 6.07) is 6.67. The van der Waals surface area contributed by atoms with Crippen LogP contribution in [0.2, 0.25) is 0 Å². The van der Waals surface area contributed by atoms with Crippen LogP contribution >= 0.6 is 0 Å². The monoisotopic (exact) mass is 381 g/mol. The van der Waals surface area contributed by atoms with E-state index in [4.69, 9.17) is 14.2 Å². The zero-order valence-electron chi connectivity index (χ0n) is 16.5. The van der Waals surface area contributed by atoms with Gasteiger partial charge in [0.05, 0.1) is 26.2 Å². The molecule has 1 aliphatic rings. The molecule has 0 N–H and O–H groups in total. The Labute approximate surface area is 161 Å². The van der Waals surface area contributed by atoms with Crippen LogP contribution in [0.15, 0.2) is 24.3 Å². The largest absolute Gasteiger partial charge is 0.381 e. The molecule has 1 aliphatic carbocycles. The summed E-state index contributed by atoms with van der Waals surface area (Å²) in [5.74, 6) is -0.152. The third-order valence-corrected chi connectivity index (χ3v) is 5.12. The van der Waals surface area contributed by atoms with Crippen LogP contribution in [-0.4, -0.2) is 57.1 Å². The second kappa shape index (κ2) is 12.1. The second-order valence-electron chi connectivity index (χ2n) is 6.98. The van der Waals surface area contributed by atoms with E-state index in [1.165, 1.54) is 18.6 Å². The molecule has 1 saturated carbocycles. The Morgan fingerprint density at radius 3 is 2.41 bits per heavy atom. The Morgan fingerprint density at radius 2 is 1.78 bits per heavy atom. The van der Waals surface area contributed by atoms with E-state index in [9.17, 15) is 9.18 Å². The van der Waals surface area contributed by atoms with E-state index in [0.717, 1.165) is 31.2 Å². The van der Waals surface area contributed by atoms with Crippen molar-refractivity contribution in [2.75, 3.05) is 34.0 Å². The molecule has 0 bridgehead atoms. The van der Waals surface area contributed by atoms with E-state index in [2.05, 4.69) is 0 Å². The van der Waals surface area contributed by atoms with E-state index in [1.54, 1.807) is 26.4 Å². The molecule has 2 rings (SSSR count). The number of carbonyl (C=O) groups excluding carboxylic acids is 1. The summed E-state index contributed by atoms with van der Waals surface area (Å²) >= 11 is 0. The van der Waals surface area contributed by atoms with Crippen LogP contribution in [0.25, 0.3) is 0 Å². The quantitative estimate of drug-likeness (QED) is 0.434. The number of carbonyl (C=O) groups is 1. The van der Waals surface area contributed by atoms with Gasteiger partial charge in [-0.15, -0.1) is 0 Å². The normalized spacial score (nSPS) is 15.3. The van der Waals surface area contributed by atoms with Crippen molar-refractivity contribution in [2.24, 2.45) is 0 Å². The first-order valence-corrected chi connectivity index (χ1v) is 9.81. The Kier molecular flexibility index (Phi) is 9.73. The second-order valence-corrected chi connectivity index (χ2v) is 6.98. The van der Waals surface area contributed by atoms with Gasteiger partial charge < -0.3 is 19.1 Å². The maximum absolute atomic E-state index is 12.9. The van der Waals surface area contributed by atoms with Crippen LogP contribution in [0.5, 0.6) is 0 Å².